The number of ether oxygens (including phenoxy) is 2. The summed E-state index contributed by atoms with van der Waals surface area (Å²) < 4.78 is 11.0. The number of hydrogen-bond donors (Lipinski definition) is 4. The Hall–Kier alpha value is -4.63. The highest BCUT2D eigenvalue weighted by Gasteiger charge is 2.38. The minimum Gasteiger partial charge on any atom is -0.493 e. The molecule has 9 heteroatoms. The Balaban J connectivity index is 1.86. The lowest BCUT2D eigenvalue weighted by Crippen LogP contribution is -2.50. The lowest BCUT2D eigenvalue weighted by molar-refractivity contribution is 0.102. The van der Waals surface area contributed by atoms with Crippen LogP contribution in [0.15, 0.2) is 95.9 Å². The molecule has 0 saturated heterocycles. The molecular weight excluding hydrogens is 512 g/mol. The molecule has 4 aromatic carbocycles. The second kappa shape index (κ2) is 11.8. The lowest BCUT2D eigenvalue weighted by Gasteiger charge is -2.36. The number of amides is 3. The molecule has 4 rings (SSSR count). The molecule has 0 aliphatic rings. The van der Waals surface area contributed by atoms with Crippen LogP contribution in [0.25, 0.3) is 0 Å². The van der Waals surface area contributed by atoms with Crippen molar-refractivity contribution >= 4 is 35.1 Å². The largest absolute Gasteiger partial charge is 0.493 e. The SMILES string of the molecule is COc1ccc(C(NC(N)=O)(c2ccc(SC)cc2)c2ccc(C(=O)Nc3ccccc3N)cc2)cc1OC. The van der Waals surface area contributed by atoms with E-state index in [1.807, 2.05) is 36.6 Å². The summed E-state index contributed by atoms with van der Waals surface area (Å²) in [6.07, 6.45) is 1.99. The molecule has 0 aromatic heterocycles. The van der Waals surface area contributed by atoms with Crippen molar-refractivity contribution in [1.82, 2.24) is 5.32 Å². The number of primary amides is 1. The molecule has 8 nitrogen and oxygen atoms in total. The predicted molar refractivity (Wildman–Crippen MR) is 156 cm³/mol. The van der Waals surface area contributed by atoms with Crippen LogP contribution in [0.1, 0.15) is 27.0 Å². The third kappa shape index (κ3) is 5.63. The number of nitrogen functional groups attached to an aromatic ring is 1. The van der Waals surface area contributed by atoms with E-state index in [1.54, 1.807) is 86.6 Å². The third-order valence-electron chi connectivity index (χ3n) is 6.44. The molecule has 0 saturated carbocycles. The average Bonchev–Trinajstić information content (AvgIpc) is 2.96. The second-order valence-corrected chi connectivity index (χ2v) is 9.54. The first-order chi connectivity index (χ1) is 18.8. The van der Waals surface area contributed by atoms with Gasteiger partial charge in [0.05, 0.1) is 25.6 Å². The Kier molecular flexibility index (Phi) is 8.31. The van der Waals surface area contributed by atoms with Gasteiger partial charge in [-0.3, -0.25) is 4.79 Å². The van der Waals surface area contributed by atoms with Crippen LogP contribution in [0.3, 0.4) is 0 Å². The number of benzene rings is 4. The first kappa shape index (κ1) is 27.4. The van der Waals surface area contributed by atoms with E-state index in [9.17, 15) is 9.59 Å². The number of thioether (sulfide) groups is 1. The van der Waals surface area contributed by atoms with Gasteiger partial charge in [-0.2, -0.15) is 0 Å². The van der Waals surface area contributed by atoms with Crippen LogP contribution in [0.2, 0.25) is 0 Å². The Morgan fingerprint density at radius 1 is 0.795 bits per heavy atom. The fraction of sp³-hybridized carbons (Fsp3) is 0.133. The van der Waals surface area contributed by atoms with Gasteiger partial charge in [-0.25, -0.2) is 4.79 Å². The van der Waals surface area contributed by atoms with Crippen molar-refractivity contribution in [2.45, 2.75) is 10.4 Å². The van der Waals surface area contributed by atoms with Crippen LogP contribution < -0.4 is 31.6 Å². The number of nitrogens with one attached hydrogen (secondary N) is 2. The molecule has 0 radical (unpaired) electrons. The minimum atomic E-state index is -1.21. The Morgan fingerprint density at radius 2 is 1.38 bits per heavy atom. The maximum absolute atomic E-state index is 13.0. The Morgan fingerprint density at radius 3 is 1.95 bits per heavy atom. The number of carbonyl (C=O) groups is 2. The van der Waals surface area contributed by atoms with Gasteiger partial charge in [0.1, 0.15) is 5.54 Å². The zero-order valence-corrected chi connectivity index (χ0v) is 22.7. The van der Waals surface area contributed by atoms with Gasteiger partial charge in [-0.05, 0) is 71.5 Å². The first-order valence-electron chi connectivity index (χ1n) is 12.0. The second-order valence-electron chi connectivity index (χ2n) is 8.66. The van der Waals surface area contributed by atoms with Crippen molar-refractivity contribution in [2.24, 2.45) is 5.73 Å². The fourth-order valence-electron chi connectivity index (χ4n) is 4.49. The molecule has 1 atom stereocenters. The van der Waals surface area contributed by atoms with E-state index in [0.29, 0.717) is 39.6 Å². The van der Waals surface area contributed by atoms with Crippen molar-refractivity contribution in [1.29, 1.82) is 0 Å². The molecule has 0 aliphatic carbocycles. The Bertz CT molecular complexity index is 1480. The van der Waals surface area contributed by atoms with Gasteiger partial charge in [-0.15, -0.1) is 11.8 Å². The Labute approximate surface area is 231 Å². The molecule has 1 unspecified atom stereocenters. The summed E-state index contributed by atoms with van der Waals surface area (Å²) in [6.45, 7) is 0. The zero-order chi connectivity index (χ0) is 28.0. The number of para-hydroxylation sites is 2. The van der Waals surface area contributed by atoms with Crippen LogP contribution in [0.4, 0.5) is 16.2 Å². The molecule has 0 spiro atoms. The topological polar surface area (TPSA) is 129 Å². The van der Waals surface area contributed by atoms with Crippen LogP contribution in [0, 0.1) is 0 Å². The molecular formula is C30H30N4O4S. The van der Waals surface area contributed by atoms with Gasteiger partial charge >= 0.3 is 6.03 Å². The highest BCUT2D eigenvalue weighted by atomic mass is 32.2. The molecule has 200 valence electrons. The summed E-state index contributed by atoms with van der Waals surface area (Å²) in [5, 5.41) is 5.82. The van der Waals surface area contributed by atoms with Crippen molar-refractivity contribution in [3.8, 4) is 11.5 Å². The van der Waals surface area contributed by atoms with Crippen molar-refractivity contribution < 1.29 is 19.1 Å². The van der Waals surface area contributed by atoms with Crippen LogP contribution in [-0.4, -0.2) is 32.4 Å². The quantitative estimate of drug-likeness (QED) is 0.130. The maximum Gasteiger partial charge on any atom is 0.313 e. The number of hydrogen-bond acceptors (Lipinski definition) is 6. The number of carbonyl (C=O) groups excluding carboxylic acids is 2. The van der Waals surface area contributed by atoms with Gasteiger partial charge in [0.2, 0.25) is 0 Å². The van der Waals surface area contributed by atoms with Crippen molar-refractivity contribution in [3.05, 3.63) is 113 Å². The average molecular weight is 543 g/mol. The molecule has 39 heavy (non-hydrogen) atoms. The van der Waals surface area contributed by atoms with Gasteiger partial charge in [0.15, 0.2) is 11.5 Å². The summed E-state index contributed by atoms with van der Waals surface area (Å²) in [5.74, 6) is 0.713. The van der Waals surface area contributed by atoms with Crippen molar-refractivity contribution in [3.63, 3.8) is 0 Å². The summed E-state index contributed by atoms with van der Waals surface area (Å²) in [5.41, 5.74) is 14.1. The highest BCUT2D eigenvalue weighted by molar-refractivity contribution is 7.98. The maximum atomic E-state index is 13.0. The van der Waals surface area contributed by atoms with E-state index in [0.717, 1.165) is 10.5 Å². The molecule has 0 bridgehead atoms. The summed E-state index contributed by atoms with van der Waals surface area (Å²) in [4.78, 5) is 26.6. The fourth-order valence-corrected chi connectivity index (χ4v) is 4.90. The van der Waals surface area contributed by atoms with Gasteiger partial charge < -0.3 is 31.6 Å². The van der Waals surface area contributed by atoms with E-state index in [-0.39, 0.29) is 5.91 Å². The van der Waals surface area contributed by atoms with Crippen LogP contribution >= 0.6 is 11.8 Å². The monoisotopic (exact) mass is 542 g/mol. The molecule has 6 N–H and O–H groups in total. The number of nitrogens with two attached hydrogens (primary N) is 2. The molecule has 0 heterocycles. The first-order valence-corrected chi connectivity index (χ1v) is 13.3. The summed E-state index contributed by atoms with van der Waals surface area (Å²) in [7, 11) is 3.10. The highest BCUT2D eigenvalue weighted by Crippen LogP contribution is 2.41. The number of urea groups is 1. The number of rotatable bonds is 9. The molecule has 3 amide bonds. The summed E-state index contributed by atoms with van der Waals surface area (Å²) in [6, 6.07) is 26.5. The predicted octanol–water partition coefficient (Wildman–Crippen LogP) is 5.22. The smallest absolute Gasteiger partial charge is 0.313 e. The minimum absolute atomic E-state index is 0.316. The van der Waals surface area contributed by atoms with E-state index in [2.05, 4.69) is 10.6 Å². The zero-order valence-electron chi connectivity index (χ0n) is 21.9. The standard InChI is InChI=1S/C30H30N4O4S/c1-37-26-17-14-22(18-27(26)38-2)30(34-29(32)36,21-12-15-23(39-3)16-13-21)20-10-8-19(9-11-20)28(35)33-25-7-5-4-6-24(25)31/h4-18H,31H2,1-3H3,(H,33,35)(H3,32,34,36). The van der Waals surface area contributed by atoms with Gasteiger partial charge in [-0.1, -0.05) is 42.5 Å². The normalized spacial score (nSPS) is 12.2. The van der Waals surface area contributed by atoms with Crippen molar-refractivity contribution in [2.75, 3.05) is 31.5 Å². The number of anilines is 2. The van der Waals surface area contributed by atoms with E-state index >= 15 is 0 Å². The van der Waals surface area contributed by atoms with Crippen LogP contribution in [-0.2, 0) is 5.54 Å². The lowest BCUT2D eigenvalue weighted by atomic mass is 9.76. The van der Waals surface area contributed by atoms with E-state index < -0.39 is 11.6 Å². The molecule has 0 aliphatic heterocycles. The third-order valence-corrected chi connectivity index (χ3v) is 7.18. The van der Waals surface area contributed by atoms with Gasteiger partial charge in [0, 0.05) is 10.5 Å². The van der Waals surface area contributed by atoms with E-state index in [4.69, 9.17) is 20.9 Å². The molecule has 4 aromatic rings. The summed E-state index contributed by atoms with van der Waals surface area (Å²) >= 11 is 1.61. The number of methoxy groups -OCH3 is 2. The van der Waals surface area contributed by atoms with Crippen LogP contribution in [0.5, 0.6) is 11.5 Å². The molecule has 0 fully saturated rings. The van der Waals surface area contributed by atoms with Gasteiger partial charge in [0.25, 0.3) is 5.91 Å². The van der Waals surface area contributed by atoms with E-state index in [1.165, 1.54) is 0 Å².